The van der Waals surface area contributed by atoms with Gasteiger partial charge in [-0.2, -0.15) is 0 Å². The molecule has 0 saturated carbocycles. The van der Waals surface area contributed by atoms with Crippen LogP contribution in [0.5, 0.6) is 0 Å². The van der Waals surface area contributed by atoms with Gasteiger partial charge in [0.25, 0.3) is 0 Å². The van der Waals surface area contributed by atoms with E-state index in [1.54, 1.807) is 0 Å². The molecular formula is C31H65NO2. The lowest BCUT2D eigenvalue weighted by Crippen LogP contribution is -2.43. The molecule has 0 fully saturated rings. The zero-order chi connectivity index (χ0) is 25.3. The molecule has 0 bridgehead atoms. The maximum absolute atomic E-state index is 10.1. The Morgan fingerprint density at radius 2 is 0.794 bits per heavy atom. The molecule has 0 aliphatic rings. The highest BCUT2D eigenvalue weighted by atomic mass is 16.3. The second kappa shape index (κ2) is 26.0. The number of aliphatic hydroxyl groups excluding tert-OH is 2. The van der Waals surface area contributed by atoms with Crippen LogP contribution in [0.4, 0.5) is 0 Å². The average molecular weight is 484 g/mol. The molecular weight excluding hydrogens is 418 g/mol. The van der Waals surface area contributed by atoms with Crippen molar-refractivity contribution in [1.29, 1.82) is 0 Å². The van der Waals surface area contributed by atoms with Crippen LogP contribution < -0.4 is 0 Å². The molecule has 0 aliphatic heterocycles. The summed E-state index contributed by atoms with van der Waals surface area (Å²) < 4.78 is 0. The van der Waals surface area contributed by atoms with E-state index in [0.717, 1.165) is 18.9 Å². The lowest BCUT2D eigenvalue weighted by molar-refractivity contribution is -0.104. The smallest absolute Gasteiger partial charge is 0.109 e. The maximum Gasteiger partial charge on any atom is 0.109 e. The Morgan fingerprint density at radius 3 is 1.15 bits per heavy atom. The second-order valence-electron chi connectivity index (χ2n) is 10.9. The quantitative estimate of drug-likeness (QED) is 0.0902. The van der Waals surface area contributed by atoms with Crippen molar-refractivity contribution in [2.75, 3.05) is 6.54 Å². The Morgan fingerprint density at radius 1 is 0.441 bits per heavy atom. The zero-order valence-corrected chi connectivity index (χ0v) is 24.0. The van der Waals surface area contributed by atoms with Crippen LogP contribution in [0.25, 0.3) is 0 Å². The van der Waals surface area contributed by atoms with Gasteiger partial charge in [0.2, 0.25) is 0 Å². The van der Waals surface area contributed by atoms with Gasteiger partial charge >= 0.3 is 0 Å². The van der Waals surface area contributed by atoms with Crippen LogP contribution >= 0.6 is 0 Å². The maximum atomic E-state index is 10.1. The van der Waals surface area contributed by atoms with Crippen molar-refractivity contribution in [3.8, 4) is 0 Å². The van der Waals surface area contributed by atoms with Gasteiger partial charge in [-0.05, 0) is 25.2 Å². The van der Waals surface area contributed by atoms with Crippen LogP contribution in [0.2, 0.25) is 0 Å². The van der Waals surface area contributed by atoms with Gasteiger partial charge in [-0.15, -0.1) is 0 Å². The minimum atomic E-state index is -0.507. The van der Waals surface area contributed by atoms with Gasteiger partial charge in [0.05, 0.1) is 0 Å². The van der Waals surface area contributed by atoms with Gasteiger partial charge < -0.3 is 10.2 Å². The Labute approximate surface area is 215 Å². The predicted molar refractivity (Wildman–Crippen MR) is 151 cm³/mol. The summed E-state index contributed by atoms with van der Waals surface area (Å²) in [5, 5.41) is 20.2. The SMILES string of the molecule is CCCCCCCCCCCCC(CC)CCCCCCCCCCN(C(O)CC)C(O)CC. The molecule has 0 heterocycles. The van der Waals surface area contributed by atoms with Gasteiger partial charge in [-0.25, -0.2) is 0 Å². The van der Waals surface area contributed by atoms with E-state index < -0.39 is 12.5 Å². The van der Waals surface area contributed by atoms with Crippen molar-refractivity contribution in [3.05, 3.63) is 0 Å². The number of aliphatic hydroxyl groups is 2. The Kier molecular flexibility index (Phi) is 25.9. The molecule has 206 valence electrons. The van der Waals surface area contributed by atoms with E-state index in [2.05, 4.69) is 13.8 Å². The van der Waals surface area contributed by atoms with E-state index in [1.807, 2.05) is 18.7 Å². The summed E-state index contributed by atoms with van der Waals surface area (Å²) in [6, 6.07) is 0. The summed E-state index contributed by atoms with van der Waals surface area (Å²) in [4.78, 5) is 1.86. The average Bonchev–Trinajstić information content (AvgIpc) is 2.86. The van der Waals surface area contributed by atoms with Crippen LogP contribution in [0.15, 0.2) is 0 Å². The van der Waals surface area contributed by atoms with E-state index in [1.165, 1.54) is 128 Å². The lowest BCUT2D eigenvalue weighted by Gasteiger charge is -2.31. The molecule has 34 heavy (non-hydrogen) atoms. The number of hydrogen-bond acceptors (Lipinski definition) is 3. The standard InChI is InChI=1S/C31H65NO2/c1-5-9-10-11-12-13-14-17-20-23-26-29(6-2)27-24-21-18-15-16-19-22-25-28-32(30(33)7-3)31(34)8-4/h29-31,33-34H,5-28H2,1-4H3. The van der Waals surface area contributed by atoms with Crippen LogP contribution in [0, 0.1) is 5.92 Å². The highest BCUT2D eigenvalue weighted by molar-refractivity contribution is 4.64. The first-order chi connectivity index (χ1) is 16.6. The molecule has 3 atom stereocenters. The molecule has 0 aromatic heterocycles. The lowest BCUT2D eigenvalue weighted by atomic mass is 9.92. The van der Waals surface area contributed by atoms with Crippen LogP contribution in [0.1, 0.15) is 175 Å². The van der Waals surface area contributed by atoms with E-state index >= 15 is 0 Å². The van der Waals surface area contributed by atoms with Crippen molar-refractivity contribution in [1.82, 2.24) is 4.90 Å². The molecule has 0 aliphatic carbocycles. The number of rotatable bonds is 27. The number of nitrogens with zero attached hydrogens (tertiary/aromatic N) is 1. The molecule has 0 aromatic rings. The van der Waals surface area contributed by atoms with Gasteiger partial charge in [0, 0.05) is 6.54 Å². The van der Waals surface area contributed by atoms with Crippen LogP contribution in [-0.2, 0) is 0 Å². The topological polar surface area (TPSA) is 43.7 Å². The van der Waals surface area contributed by atoms with Crippen LogP contribution in [0.3, 0.4) is 0 Å². The molecule has 0 radical (unpaired) electrons. The molecule has 3 nitrogen and oxygen atoms in total. The second-order valence-corrected chi connectivity index (χ2v) is 10.9. The number of unbranched alkanes of at least 4 members (excludes halogenated alkanes) is 16. The fourth-order valence-corrected chi connectivity index (χ4v) is 5.23. The summed E-state index contributed by atoms with van der Waals surface area (Å²) in [6.07, 6.45) is 29.6. The molecule has 0 amide bonds. The van der Waals surface area contributed by atoms with Crippen molar-refractivity contribution in [2.24, 2.45) is 5.92 Å². The molecule has 0 aromatic carbocycles. The third kappa shape index (κ3) is 20.1. The Hall–Kier alpha value is -0.120. The van der Waals surface area contributed by atoms with E-state index in [9.17, 15) is 10.2 Å². The highest BCUT2D eigenvalue weighted by Crippen LogP contribution is 2.22. The summed E-state index contributed by atoms with van der Waals surface area (Å²) in [5.41, 5.74) is 0. The first-order valence-corrected chi connectivity index (χ1v) is 15.7. The summed E-state index contributed by atoms with van der Waals surface area (Å²) in [6.45, 7) is 9.44. The summed E-state index contributed by atoms with van der Waals surface area (Å²) in [7, 11) is 0. The van der Waals surface area contributed by atoms with E-state index in [-0.39, 0.29) is 0 Å². The van der Waals surface area contributed by atoms with Gasteiger partial charge in [0.1, 0.15) is 12.5 Å². The van der Waals surface area contributed by atoms with E-state index in [0.29, 0.717) is 12.8 Å². The minimum absolute atomic E-state index is 0.507. The van der Waals surface area contributed by atoms with Gasteiger partial charge in [0.15, 0.2) is 0 Å². The normalized spacial score (nSPS) is 14.6. The summed E-state index contributed by atoms with van der Waals surface area (Å²) >= 11 is 0. The Balaban J connectivity index is 3.53. The van der Waals surface area contributed by atoms with Gasteiger partial charge in [-0.1, -0.05) is 156 Å². The largest absolute Gasteiger partial charge is 0.378 e. The Bertz CT molecular complexity index is 380. The monoisotopic (exact) mass is 484 g/mol. The van der Waals surface area contributed by atoms with Gasteiger partial charge in [-0.3, -0.25) is 4.90 Å². The first kappa shape index (κ1) is 33.9. The molecule has 2 N–H and O–H groups in total. The summed E-state index contributed by atoms with van der Waals surface area (Å²) in [5.74, 6) is 0.967. The minimum Gasteiger partial charge on any atom is -0.378 e. The van der Waals surface area contributed by atoms with E-state index in [4.69, 9.17) is 0 Å². The molecule has 0 rings (SSSR count). The number of hydrogen-bond donors (Lipinski definition) is 2. The van der Waals surface area contributed by atoms with Crippen molar-refractivity contribution in [3.63, 3.8) is 0 Å². The fraction of sp³-hybridized carbons (Fsp3) is 1.00. The highest BCUT2D eigenvalue weighted by Gasteiger charge is 2.19. The molecule has 0 spiro atoms. The van der Waals surface area contributed by atoms with Crippen molar-refractivity contribution >= 4 is 0 Å². The zero-order valence-electron chi connectivity index (χ0n) is 24.0. The van der Waals surface area contributed by atoms with Crippen molar-refractivity contribution < 1.29 is 10.2 Å². The predicted octanol–water partition coefficient (Wildman–Crippen LogP) is 9.59. The third-order valence-electron chi connectivity index (χ3n) is 7.82. The van der Waals surface area contributed by atoms with Crippen LogP contribution in [-0.4, -0.2) is 34.1 Å². The molecule has 0 saturated heterocycles. The third-order valence-corrected chi connectivity index (χ3v) is 7.82. The van der Waals surface area contributed by atoms with Crippen molar-refractivity contribution in [2.45, 2.75) is 188 Å². The first-order valence-electron chi connectivity index (χ1n) is 15.7. The molecule has 3 heteroatoms. The fourth-order valence-electron chi connectivity index (χ4n) is 5.23. The molecule has 3 unspecified atom stereocenters.